The van der Waals surface area contributed by atoms with Crippen LogP contribution in [0.2, 0.25) is 0 Å². The van der Waals surface area contributed by atoms with Crippen molar-refractivity contribution in [3.63, 3.8) is 0 Å². The average molecular weight is 198 g/mol. The lowest BCUT2D eigenvalue weighted by molar-refractivity contribution is -0.125. The summed E-state index contributed by atoms with van der Waals surface area (Å²) in [5.41, 5.74) is 0. The number of rotatable bonds is 4. The molecule has 82 valence electrons. The zero-order chi connectivity index (χ0) is 10.4. The summed E-state index contributed by atoms with van der Waals surface area (Å²) < 4.78 is 0. The van der Waals surface area contributed by atoms with Gasteiger partial charge in [0.05, 0.1) is 5.92 Å². The topological polar surface area (TPSA) is 41.1 Å². The molecule has 14 heavy (non-hydrogen) atoms. The molecule has 0 aromatic heterocycles. The van der Waals surface area contributed by atoms with Crippen molar-refractivity contribution in [2.75, 3.05) is 19.6 Å². The van der Waals surface area contributed by atoms with Gasteiger partial charge in [0.15, 0.2) is 0 Å². The highest BCUT2D eigenvalue weighted by atomic mass is 16.1. The first kappa shape index (κ1) is 11.5. The molecule has 0 bridgehead atoms. The van der Waals surface area contributed by atoms with E-state index in [1.807, 2.05) is 0 Å². The van der Waals surface area contributed by atoms with Crippen LogP contribution in [-0.4, -0.2) is 25.5 Å². The average Bonchev–Trinajstić information content (AvgIpc) is 2.26. The molecule has 0 aromatic carbocycles. The third kappa shape index (κ3) is 3.66. The Labute approximate surface area is 86.6 Å². The molecule has 2 N–H and O–H groups in total. The van der Waals surface area contributed by atoms with E-state index in [9.17, 15) is 4.79 Å². The van der Waals surface area contributed by atoms with Gasteiger partial charge >= 0.3 is 0 Å². The molecule has 0 aromatic rings. The van der Waals surface area contributed by atoms with Gasteiger partial charge in [-0.25, -0.2) is 0 Å². The van der Waals surface area contributed by atoms with E-state index in [4.69, 9.17) is 0 Å². The van der Waals surface area contributed by atoms with Crippen LogP contribution in [0.15, 0.2) is 0 Å². The van der Waals surface area contributed by atoms with Crippen LogP contribution < -0.4 is 10.6 Å². The van der Waals surface area contributed by atoms with E-state index in [2.05, 4.69) is 24.5 Å². The molecule has 1 amide bonds. The Morgan fingerprint density at radius 1 is 1.64 bits per heavy atom. The Morgan fingerprint density at radius 3 is 3.00 bits per heavy atom. The maximum atomic E-state index is 11.7. The quantitative estimate of drug-likeness (QED) is 0.711. The largest absolute Gasteiger partial charge is 0.356 e. The lowest BCUT2D eigenvalue weighted by Crippen LogP contribution is -2.41. The lowest BCUT2D eigenvalue weighted by atomic mass is 9.98. The van der Waals surface area contributed by atoms with Crippen LogP contribution >= 0.6 is 0 Å². The molecule has 3 nitrogen and oxygen atoms in total. The van der Waals surface area contributed by atoms with Gasteiger partial charge < -0.3 is 10.6 Å². The standard InChI is InChI=1S/C11H22N2O/c1-3-9(2)7-13-11(14)10-5-4-6-12-8-10/h9-10,12H,3-8H2,1-2H3,(H,13,14). The van der Waals surface area contributed by atoms with Gasteiger partial charge in [-0.15, -0.1) is 0 Å². The SMILES string of the molecule is CCC(C)CNC(=O)C1CCCNC1. The summed E-state index contributed by atoms with van der Waals surface area (Å²) >= 11 is 0. The first-order valence-corrected chi connectivity index (χ1v) is 5.72. The summed E-state index contributed by atoms with van der Waals surface area (Å²) in [7, 11) is 0. The third-order valence-electron chi connectivity index (χ3n) is 2.99. The molecule has 1 rings (SSSR count). The molecule has 0 saturated carbocycles. The minimum absolute atomic E-state index is 0.202. The van der Waals surface area contributed by atoms with Crippen LogP contribution in [0.3, 0.4) is 0 Å². The molecule has 0 spiro atoms. The minimum atomic E-state index is 0.202. The molecule has 1 heterocycles. The van der Waals surface area contributed by atoms with Crippen LogP contribution in [0.1, 0.15) is 33.1 Å². The third-order valence-corrected chi connectivity index (χ3v) is 2.99. The van der Waals surface area contributed by atoms with Crippen molar-refractivity contribution in [3.05, 3.63) is 0 Å². The smallest absolute Gasteiger partial charge is 0.224 e. The fourth-order valence-electron chi connectivity index (χ4n) is 1.64. The van der Waals surface area contributed by atoms with Crippen LogP contribution in [0, 0.1) is 11.8 Å². The first-order valence-electron chi connectivity index (χ1n) is 5.72. The van der Waals surface area contributed by atoms with E-state index < -0.39 is 0 Å². The maximum Gasteiger partial charge on any atom is 0.224 e. The Hall–Kier alpha value is -0.570. The minimum Gasteiger partial charge on any atom is -0.356 e. The molecule has 0 radical (unpaired) electrons. The van der Waals surface area contributed by atoms with Gasteiger partial charge in [0.2, 0.25) is 5.91 Å². The molecule has 0 aliphatic carbocycles. The Morgan fingerprint density at radius 2 is 2.43 bits per heavy atom. The first-order chi connectivity index (χ1) is 6.74. The van der Waals surface area contributed by atoms with Crippen LogP contribution in [0.25, 0.3) is 0 Å². The van der Waals surface area contributed by atoms with Crippen LogP contribution in [-0.2, 0) is 4.79 Å². The van der Waals surface area contributed by atoms with Gasteiger partial charge in [-0.2, -0.15) is 0 Å². The fraction of sp³-hybridized carbons (Fsp3) is 0.909. The zero-order valence-electron chi connectivity index (χ0n) is 9.31. The molecular weight excluding hydrogens is 176 g/mol. The number of hydrogen-bond acceptors (Lipinski definition) is 2. The maximum absolute atomic E-state index is 11.7. The molecule has 1 saturated heterocycles. The van der Waals surface area contributed by atoms with Crippen molar-refractivity contribution in [1.29, 1.82) is 0 Å². The predicted octanol–water partition coefficient (Wildman–Crippen LogP) is 1.15. The van der Waals surface area contributed by atoms with Crippen molar-refractivity contribution in [2.24, 2.45) is 11.8 Å². The molecule has 1 aliphatic heterocycles. The van der Waals surface area contributed by atoms with Crippen molar-refractivity contribution in [1.82, 2.24) is 10.6 Å². The van der Waals surface area contributed by atoms with Crippen LogP contribution in [0.5, 0.6) is 0 Å². The van der Waals surface area contributed by atoms with Gasteiger partial charge in [-0.3, -0.25) is 4.79 Å². The highest BCUT2D eigenvalue weighted by Crippen LogP contribution is 2.09. The van der Waals surface area contributed by atoms with Crippen molar-refractivity contribution < 1.29 is 4.79 Å². The molecule has 2 unspecified atom stereocenters. The van der Waals surface area contributed by atoms with E-state index in [-0.39, 0.29) is 11.8 Å². The fourth-order valence-corrected chi connectivity index (χ4v) is 1.64. The van der Waals surface area contributed by atoms with Crippen molar-refractivity contribution in [3.8, 4) is 0 Å². The summed E-state index contributed by atoms with van der Waals surface area (Å²) in [5.74, 6) is 1.03. The number of carbonyl (C=O) groups is 1. The van der Waals surface area contributed by atoms with Crippen LogP contribution in [0.4, 0.5) is 0 Å². The van der Waals surface area contributed by atoms with E-state index in [0.717, 1.165) is 38.9 Å². The lowest BCUT2D eigenvalue weighted by Gasteiger charge is -2.22. The number of carbonyl (C=O) groups excluding carboxylic acids is 1. The Bertz CT molecular complexity index is 176. The summed E-state index contributed by atoms with van der Waals surface area (Å²) in [6.45, 7) is 7.06. The highest BCUT2D eigenvalue weighted by Gasteiger charge is 2.20. The zero-order valence-corrected chi connectivity index (χ0v) is 9.31. The normalized spacial score (nSPS) is 24.3. The predicted molar refractivity (Wildman–Crippen MR) is 58.1 cm³/mol. The van der Waals surface area contributed by atoms with Gasteiger partial charge in [-0.05, 0) is 25.3 Å². The number of nitrogens with one attached hydrogen (secondary N) is 2. The summed E-state index contributed by atoms with van der Waals surface area (Å²) in [4.78, 5) is 11.7. The highest BCUT2D eigenvalue weighted by molar-refractivity contribution is 5.78. The number of piperidine rings is 1. The molecule has 3 heteroatoms. The van der Waals surface area contributed by atoms with E-state index >= 15 is 0 Å². The second-order valence-electron chi connectivity index (χ2n) is 4.30. The van der Waals surface area contributed by atoms with Crippen molar-refractivity contribution >= 4 is 5.91 Å². The number of hydrogen-bond donors (Lipinski definition) is 2. The molecular formula is C11H22N2O. The van der Waals surface area contributed by atoms with Gasteiger partial charge in [0, 0.05) is 13.1 Å². The van der Waals surface area contributed by atoms with Crippen molar-refractivity contribution in [2.45, 2.75) is 33.1 Å². The molecule has 1 aliphatic rings. The Kier molecular flexibility index (Phi) is 4.94. The molecule has 1 fully saturated rings. The summed E-state index contributed by atoms with van der Waals surface area (Å²) in [5, 5.41) is 6.28. The van der Waals surface area contributed by atoms with E-state index in [0.29, 0.717) is 5.92 Å². The summed E-state index contributed by atoms with van der Waals surface area (Å²) in [6, 6.07) is 0. The Balaban J connectivity index is 2.19. The second-order valence-corrected chi connectivity index (χ2v) is 4.30. The van der Waals surface area contributed by atoms with E-state index in [1.165, 1.54) is 0 Å². The van der Waals surface area contributed by atoms with E-state index in [1.54, 1.807) is 0 Å². The number of amides is 1. The van der Waals surface area contributed by atoms with Gasteiger partial charge in [0.1, 0.15) is 0 Å². The van der Waals surface area contributed by atoms with Gasteiger partial charge in [-0.1, -0.05) is 20.3 Å². The molecule has 2 atom stereocenters. The summed E-state index contributed by atoms with van der Waals surface area (Å²) in [6.07, 6.45) is 3.30. The second kappa shape index (κ2) is 6.02. The van der Waals surface area contributed by atoms with Gasteiger partial charge in [0.25, 0.3) is 0 Å². The monoisotopic (exact) mass is 198 g/mol.